The molecule has 2 nitrogen and oxygen atoms in total. The van der Waals surface area contributed by atoms with E-state index >= 15 is 0 Å². The summed E-state index contributed by atoms with van der Waals surface area (Å²) in [5.74, 6) is 0.412. The maximum atomic E-state index is 6.12. The van der Waals surface area contributed by atoms with Gasteiger partial charge in [0.2, 0.25) is 0 Å². The van der Waals surface area contributed by atoms with Crippen molar-refractivity contribution in [1.29, 1.82) is 0 Å². The molecule has 106 valence electrons. The molecule has 0 aliphatic carbocycles. The van der Waals surface area contributed by atoms with Crippen molar-refractivity contribution >= 4 is 16.3 Å². The van der Waals surface area contributed by atoms with Gasteiger partial charge in [-0.25, -0.2) is 4.98 Å². The standard InChI is InChI=1S/C18H18N2S/c1-12(2)18-20-16(17(19)21-18)15-10-8-14(9-11-15)13-6-4-3-5-7-13/h3-12H,19H2,1-2H3. The first-order chi connectivity index (χ1) is 10.1. The Morgan fingerprint density at radius 1 is 0.857 bits per heavy atom. The molecule has 2 aromatic carbocycles. The molecule has 0 radical (unpaired) electrons. The lowest BCUT2D eigenvalue weighted by molar-refractivity contribution is 0.854. The molecule has 0 saturated heterocycles. The number of aromatic nitrogens is 1. The minimum Gasteiger partial charge on any atom is -0.389 e. The largest absolute Gasteiger partial charge is 0.389 e. The molecule has 0 unspecified atom stereocenters. The van der Waals surface area contributed by atoms with Crippen molar-refractivity contribution in [2.75, 3.05) is 5.73 Å². The van der Waals surface area contributed by atoms with Gasteiger partial charge in [0.25, 0.3) is 0 Å². The van der Waals surface area contributed by atoms with Crippen molar-refractivity contribution in [2.45, 2.75) is 19.8 Å². The average Bonchev–Trinajstić information content (AvgIpc) is 2.91. The quantitative estimate of drug-likeness (QED) is 0.722. The molecule has 0 bridgehead atoms. The van der Waals surface area contributed by atoms with Crippen molar-refractivity contribution in [3.05, 3.63) is 59.6 Å². The zero-order valence-corrected chi connectivity index (χ0v) is 13.0. The van der Waals surface area contributed by atoms with E-state index in [4.69, 9.17) is 5.73 Å². The van der Waals surface area contributed by atoms with Gasteiger partial charge in [0, 0.05) is 11.5 Å². The molecule has 0 aliphatic heterocycles. The number of nitrogen functional groups attached to an aromatic ring is 1. The molecule has 1 aromatic heterocycles. The molecular weight excluding hydrogens is 276 g/mol. The lowest BCUT2D eigenvalue weighted by Crippen LogP contribution is -1.88. The van der Waals surface area contributed by atoms with E-state index in [0.29, 0.717) is 5.92 Å². The van der Waals surface area contributed by atoms with Gasteiger partial charge in [-0.05, 0) is 11.1 Å². The Morgan fingerprint density at radius 3 is 2.00 bits per heavy atom. The number of thiazole rings is 1. The average molecular weight is 294 g/mol. The van der Waals surface area contributed by atoms with Crippen LogP contribution in [0, 0.1) is 0 Å². The predicted molar refractivity (Wildman–Crippen MR) is 91.5 cm³/mol. The number of rotatable bonds is 3. The second kappa shape index (κ2) is 5.70. The molecule has 3 heteroatoms. The molecule has 21 heavy (non-hydrogen) atoms. The molecule has 0 aliphatic rings. The van der Waals surface area contributed by atoms with Crippen LogP contribution in [-0.4, -0.2) is 4.98 Å². The van der Waals surface area contributed by atoms with Crippen LogP contribution in [0.25, 0.3) is 22.4 Å². The lowest BCUT2D eigenvalue weighted by Gasteiger charge is -2.03. The highest BCUT2D eigenvalue weighted by atomic mass is 32.1. The van der Waals surface area contributed by atoms with Gasteiger partial charge in [0.05, 0.1) is 5.01 Å². The highest BCUT2D eigenvalue weighted by Crippen LogP contribution is 2.34. The Balaban J connectivity index is 1.94. The van der Waals surface area contributed by atoms with Gasteiger partial charge < -0.3 is 5.73 Å². The third-order valence-electron chi connectivity index (χ3n) is 3.43. The minimum atomic E-state index is 0.412. The monoisotopic (exact) mass is 294 g/mol. The Morgan fingerprint density at radius 2 is 1.43 bits per heavy atom. The molecule has 3 rings (SSSR count). The zero-order chi connectivity index (χ0) is 14.8. The zero-order valence-electron chi connectivity index (χ0n) is 12.2. The highest BCUT2D eigenvalue weighted by Gasteiger charge is 2.12. The molecule has 1 heterocycles. The third-order valence-corrected chi connectivity index (χ3v) is 4.61. The number of nitrogens with zero attached hydrogens (tertiary/aromatic N) is 1. The first-order valence-electron chi connectivity index (χ1n) is 7.07. The van der Waals surface area contributed by atoms with Crippen molar-refractivity contribution < 1.29 is 0 Å². The lowest BCUT2D eigenvalue weighted by atomic mass is 10.0. The second-order valence-corrected chi connectivity index (χ2v) is 6.43. The van der Waals surface area contributed by atoms with Gasteiger partial charge in [-0.15, -0.1) is 11.3 Å². The maximum absolute atomic E-state index is 6.12. The maximum Gasteiger partial charge on any atom is 0.114 e. The summed E-state index contributed by atoms with van der Waals surface area (Å²) in [6.45, 7) is 4.28. The number of nitrogens with two attached hydrogens (primary N) is 1. The van der Waals surface area contributed by atoms with Gasteiger partial charge in [0.1, 0.15) is 10.7 Å². The van der Waals surface area contributed by atoms with E-state index in [9.17, 15) is 0 Å². The van der Waals surface area contributed by atoms with Crippen molar-refractivity contribution in [1.82, 2.24) is 4.98 Å². The van der Waals surface area contributed by atoms with Gasteiger partial charge in [0.15, 0.2) is 0 Å². The van der Waals surface area contributed by atoms with Crippen LogP contribution in [0.5, 0.6) is 0 Å². The predicted octanol–water partition coefficient (Wildman–Crippen LogP) is 5.18. The molecular formula is C18H18N2S. The normalized spacial score (nSPS) is 11.0. The van der Waals surface area contributed by atoms with Crippen LogP contribution < -0.4 is 5.73 Å². The SMILES string of the molecule is CC(C)c1nc(-c2ccc(-c3ccccc3)cc2)c(N)s1. The molecule has 0 spiro atoms. The Kier molecular flexibility index (Phi) is 3.76. The smallest absolute Gasteiger partial charge is 0.114 e. The fourth-order valence-electron chi connectivity index (χ4n) is 2.25. The number of hydrogen-bond acceptors (Lipinski definition) is 3. The molecule has 0 fully saturated rings. The van der Waals surface area contributed by atoms with Crippen LogP contribution in [0.3, 0.4) is 0 Å². The highest BCUT2D eigenvalue weighted by molar-refractivity contribution is 7.16. The van der Waals surface area contributed by atoms with Gasteiger partial charge >= 0.3 is 0 Å². The van der Waals surface area contributed by atoms with Crippen molar-refractivity contribution in [2.24, 2.45) is 0 Å². The van der Waals surface area contributed by atoms with Crippen molar-refractivity contribution in [3.8, 4) is 22.4 Å². The first-order valence-corrected chi connectivity index (χ1v) is 7.89. The summed E-state index contributed by atoms with van der Waals surface area (Å²) >= 11 is 1.58. The van der Waals surface area contributed by atoms with Crippen molar-refractivity contribution in [3.63, 3.8) is 0 Å². The van der Waals surface area contributed by atoms with Crippen LogP contribution in [0.1, 0.15) is 24.8 Å². The molecule has 0 saturated carbocycles. The second-order valence-electron chi connectivity index (χ2n) is 5.36. The van der Waals surface area contributed by atoms with Crippen LogP contribution in [0.15, 0.2) is 54.6 Å². The molecule has 0 atom stereocenters. The Hall–Kier alpha value is -2.13. The summed E-state index contributed by atoms with van der Waals surface area (Å²) < 4.78 is 0. The van der Waals surface area contributed by atoms with E-state index in [1.54, 1.807) is 11.3 Å². The summed E-state index contributed by atoms with van der Waals surface area (Å²) in [6.07, 6.45) is 0. The van der Waals surface area contributed by atoms with E-state index < -0.39 is 0 Å². The van der Waals surface area contributed by atoms with Crippen LogP contribution in [0.4, 0.5) is 5.00 Å². The Bertz CT molecular complexity index is 728. The Labute approximate surface area is 129 Å². The summed E-state index contributed by atoms with van der Waals surface area (Å²) in [6, 6.07) is 18.8. The minimum absolute atomic E-state index is 0.412. The van der Waals surface area contributed by atoms with E-state index in [0.717, 1.165) is 21.3 Å². The van der Waals surface area contributed by atoms with Crippen LogP contribution in [-0.2, 0) is 0 Å². The van der Waals surface area contributed by atoms with Crippen LogP contribution in [0.2, 0.25) is 0 Å². The first kappa shape index (κ1) is 13.8. The third kappa shape index (κ3) is 2.83. The number of hydrogen-bond donors (Lipinski definition) is 1. The fraction of sp³-hybridized carbons (Fsp3) is 0.167. The molecule has 3 aromatic rings. The number of benzene rings is 2. The van der Waals surface area contributed by atoms with E-state index in [1.807, 2.05) is 6.07 Å². The number of anilines is 1. The van der Waals surface area contributed by atoms with E-state index in [1.165, 1.54) is 11.1 Å². The van der Waals surface area contributed by atoms with Crippen LogP contribution >= 0.6 is 11.3 Å². The summed E-state index contributed by atoms with van der Waals surface area (Å²) in [5.41, 5.74) is 10.5. The van der Waals surface area contributed by atoms with E-state index in [2.05, 4.69) is 67.4 Å². The summed E-state index contributed by atoms with van der Waals surface area (Å²) in [7, 11) is 0. The fourth-order valence-corrected chi connectivity index (χ4v) is 3.11. The summed E-state index contributed by atoms with van der Waals surface area (Å²) in [5, 5.41) is 1.89. The summed E-state index contributed by atoms with van der Waals surface area (Å²) in [4.78, 5) is 4.68. The van der Waals surface area contributed by atoms with E-state index in [-0.39, 0.29) is 0 Å². The van der Waals surface area contributed by atoms with Gasteiger partial charge in [-0.3, -0.25) is 0 Å². The topological polar surface area (TPSA) is 38.9 Å². The molecule has 0 amide bonds. The molecule has 2 N–H and O–H groups in total. The van der Waals surface area contributed by atoms with Gasteiger partial charge in [-0.2, -0.15) is 0 Å². The van der Waals surface area contributed by atoms with Gasteiger partial charge in [-0.1, -0.05) is 68.4 Å².